The molecule has 0 aliphatic heterocycles. The smallest absolute Gasteiger partial charge is 0.266 e. The van der Waals surface area contributed by atoms with Gasteiger partial charge in [-0.2, -0.15) is 0 Å². The van der Waals surface area contributed by atoms with Gasteiger partial charge < -0.3 is 4.74 Å². The van der Waals surface area contributed by atoms with E-state index in [0.717, 1.165) is 11.3 Å². The van der Waals surface area contributed by atoms with Crippen molar-refractivity contribution in [2.24, 2.45) is 0 Å². The van der Waals surface area contributed by atoms with E-state index >= 15 is 0 Å². The normalized spacial score (nSPS) is 11.0. The van der Waals surface area contributed by atoms with Crippen molar-refractivity contribution in [1.29, 1.82) is 0 Å². The maximum absolute atomic E-state index is 13.1. The number of ether oxygens (including phenoxy) is 1. The van der Waals surface area contributed by atoms with E-state index in [2.05, 4.69) is 4.98 Å². The Bertz CT molecular complexity index is 969. The second kappa shape index (κ2) is 6.87. The van der Waals surface area contributed by atoms with Crippen molar-refractivity contribution in [3.8, 4) is 11.4 Å². The number of hydrogen-bond acceptors (Lipinski definition) is 4. The molecule has 2 aromatic carbocycles. The van der Waals surface area contributed by atoms with E-state index in [4.69, 9.17) is 16.3 Å². The molecule has 1 aromatic heterocycles. The Morgan fingerprint density at radius 2 is 2.04 bits per heavy atom. The molecule has 0 radical (unpaired) electrons. The van der Waals surface area contributed by atoms with Crippen LogP contribution in [0.5, 0.6) is 5.75 Å². The zero-order valence-electron chi connectivity index (χ0n) is 13.7. The molecule has 0 amide bonds. The number of halogens is 1. The van der Waals surface area contributed by atoms with Gasteiger partial charge in [-0.15, -0.1) is 0 Å². The maximum Gasteiger partial charge on any atom is 0.266 e. The predicted octanol–water partition coefficient (Wildman–Crippen LogP) is 4.47. The summed E-state index contributed by atoms with van der Waals surface area (Å²) in [5, 5.41) is 1.82. The molecule has 0 atom stereocenters. The van der Waals surface area contributed by atoms with Crippen molar-refractivity contribution in [2.45, 2.75) is 19.0 Å². The van der Waals surface area contributed by atoms with E-state index in [-0.39, 0.29) is 5.56 Å². The van der Waals surface area contributed by atoms with E-state index in [1.807, 2.05) is 38.1 Å². The molecule has 0 N–H and O–H groups in total. The molecule has 0 fully saturated rings. The third-order valence-corrected chi connectivity index (χ3v) is 4.95. The average Bonchev–Trinajstić information content (AvgIpc) is 2.58. The minimum atomic E-state index is -0.114. The molecule has 0 spiro atoms. The molecule has 0 saturated carbocycles. The van der Waals surface area contributed by atoms with Crippen LogP contribution >= 0.6 is 23.4 Å². The largest absolute Gasteiger partial charge is 0.495 e. The first-order valence-electron chi connectivity index (χ1n) is 7.56. The van der Waals surface area contributed by atoms with E-state index in [1.54, 1.807) is 23.8 Å². The maximum atomic E-state index is 13.1. The lowest BCUT2D eigenvalue weighted by molar-refractivity contribution is 0.411. The van der Waals surface area contributed by atoms with Crippen LogP contribution in [0, 0.1) is 6.92 Å². The highest BCUT2D eigenvalue weighted by atomic mass is 35.5. The highest BCUT2D eigenvalue weighted by Crippen LogP contribution is 2.31. The molecule has 0 unspecified atom stereocenters. The molecular weight excluding hydrogens is 344 g/mol. The minimum absolute atomic E-state index is 0.114. The van der Waals surface area contributed by atoms with Gasteiger partial charge in [0.15, 0.2) is 5.16 Å². The van der Waals surface area contributed by atoms with Crippen LogP contribution in [0.4, 0.5) is 0 Å². The van der Waals surface area contributed by atoms with Crippen molar-refractivity contribution in [3.05, 3.63) is 57.3 Å². The highest BCUT2D eigenvalue weighted by molar-refractivity contribution is 7.99. The second-order valence-corrected chi connectivity index (χ2v) is 6.90. The van der Waals surface area contributed by atoms with E-state index in [9.17, 15) is 4.79 Å². The van der Waals surface area contributed by atoms with Crippen molar-refractivity contribution in [3.63, 3.8) is 0 Å². The molecular formula is C18H17ClN2O2S. The Hall–Kier alpha value is -1.98. The van der Waals surface area contributed by atoms with Crippen LogP contribution in [0.15, 0.2) is 46.3 Å². The van der Waals surface area contributed by atoms with Crippen molar-refractivity contribution < 1.29 is 4.74 Å². The quantitative estimate of drug-likeness (QED) is 0.508. The summed E-state index contributed by atoms with van der Waals surface area (Å²) in [6.45, 7) is 3.93. The first kappa shape index (κ1) is 16.9. The van der Waals surface area contributed by atoms with Gasteiger partial charge in [-0.25, -0.2) is 4.98 Å². The Morgan fingerprint density at radius 3 is 2.75 bits per heavy atom. The number of methoxy groups -OCH3 is 1. The lowest BCUT2D eigenvalue weighted by Crippen LogP contribution is -2.22. The number of aryl methyl sites for hydroxylation is 1. The molecule has 0 saturated heterocycles. The number of nitrogens with zero attached hydrogens (tertiary/aromatic N) is 2. The molecule has 6 heteroatoms. The van der Waals surface area contributed by atoms with Crippen molar-refractivity contribution in [2.75, 3.05) is 12.9 Å². The number of fused-ring (bicyclic) bond motifs is 1. The summed E-state index contributed by atoms with van der Waals surface area (Å²) in [5.41, 5.74) is 2.11. The SMILES string of the molecule is CCSc1nc2ccccc2c(=O)n1-c1cc(C)c(Cl)cc1OC. The Balaban J connectivity index is 2.41. The number of aromatic nitrogens is 2. The number of hydrogen-bond donors (Lipinski definition) is 0. The van der Waals surface area contributed by atoms with Crippen LogP contribution < -0.4 is 10.3 Å². The van der Waals surface area contributed by atoms with Gasteiger partial charge in [0.1, 0.15) is 5.75 Å². The summed E-state index contributed by atoms with van der Waals surface area (Å²) >= 11 is 7.72. The van der Waals surface area contributed by atoms with Crippen LogP contribution in [0.3, 0.4) is 0 Å². The predicted molar refractivity (Wildman–Crippen MR) is 100 cm³/mol. The number of thioether (sulfide) groups is 1. The number of rotatable bonds is 4. The summed E-state index contributed by atoms with van der Waals surface area (Å²) in [7, 11) is 1.57. The summed E-state index contributed by atoms with van der Waals surface area (Å²) < 4.78 is 7.06. The molecule has 3 rings (SSSR count). The molecule has 0 bridgehead atoms. The van der Waals surface area contributed by atoms with E-state index < -0.39 is 0 Å². The zero-order chi connectivity index (χ0) is 17.3. The molecule has 1 heterocycles. The van der Waals surface area contributed by atoms with Crippen LogP contribution in [0.25, 0.3) is 16.6 Å². The van der Waals surface area contributed by atoms with Gasteiger partial charge >= 0.3 is 0 Å². The van der Waals surface area contributed by atoms with Gasteiger partial charge in [0.25, 0.3) is 5.56 Å². The molecule has 0 aliphatic carbocycles. The summed E-state index contributed by atoms with van der Waals surface area (Å²) in [6.07, 6.45) is 0. The van der Waals surface area contributed by atoms with Gasteiger partial charge in [0.05, 0.1) is 23.7 Å². The minimum Gasteiger partial charge on any atom is -0.495 e. The Morgan fingerprint density at radius 1 is 1.29 bits per heavy atom. The van der Waals surface area contributed by atoms with Crippen molar-refractivity contribution in [1.82, 2.24) is 9.55 Å². The van der Waals surface area contributed by atoms with Crippen LogP contribution in [-0.4, -0.2) is 22.4 Å². The van der Waals surface area contributed by atoms with Gasteiger partial charge in [-0.05, 0) is 36.4 Å². The first-order chi connectivity index (χ1) is 11.6. The molecule has 0 aliphatic rings. The Labute approximate surface area is 149 Å². The van der Waals surface area contributed by atoms with Crippen LogP contribution in [0.2, 0.25) is 5.02 Å². The fraction of sp³-hybridized carbons (Fsp3) is 0.222. The van der Waals surface area contributed by atoms with Gasteiger partial charge in [0, 0.05) is 11.1 Å². The molecule has 3 aromatic rings. The third-order valence-electron chi connectivity index (χ3n) is 3.72. The van der Waals surface area contributed by atoms with Crippen LogP contribution in [-0.2, 0) is 0 Å². The number of benzene rings is 2. The summed E-state index contributed by atoms with van der Waals surface area (Å²) in [6, 6.07) is 11.0. The first-order valence-corrected chi connectivity index (χ1v) is 8.92. The average molecular weight is 361 g/mol. The molecule has 124 valence electrons. The fourth-order valence-electron chi connectivity index (χ4n) is 2.54. The fourth-order valence-corrected chi connectivity index (χ4v) is 3.42. The van der Waals surface area contributed by atoms with E-state index in [1.165, 1.54) is 11.8 Å². The number of para-hydroxylation sites is 1. The monoisotopic (exact) mass is 360 g/mol. The standard InChI is InChI=1S/C18H17ClN2O2S/c1-4-24-18-20-14-8-6-5-7-12(14)17(22)21(18)15-9-11(2)13(19)10-16(15)23-3/h5-10H,4H2,1-3H3. The third kappa shape index (κ3) is 2.89. The molecule has 4 nitrogen and oxygen atoms in total. The lowest BCUT2D eigenvalue weighted by atomic mass is 10.2. The lowest BCUT2D eigenvalue weighted by Gasteiger charge is -2.16. The van der Waals surface area contributed by atoms with E-state index in [0.29, 0.717) is 32.5 Å². The van der Waals surface area contributed by atoms with Crippen molar-refractivity contribution >= 4 is 34.3 Å². The summed E-state index contributed by atoms with van der Waals surface area (Å²) in [5.74, 6) is 1.35. The zero-order valence-corrected chi connectivity index (χ0v) is 15.2. The molecule has 24 heavy (non-hydrogen) atoms. The van der Waals surface area contributed by atoms with Gasteiger partial charge in [-0.1, -0.05) is 42.4 Å². The summed E-state index contributed by atoms with van der Waals surface area (Å²) in [4.78, 5) is 17.8. The highest BCUT2D eigenvalue weighted by Gasteiger charge is 2.17. The van der Waals surface area contributed by atoms with Crippen LogP contribution in [0.1, 0.15) is 12.5 Å². The topological polar surface area (TPSA) is 44.1 Å². The van der Waals surface area contributed by atoms with Gasteiger partial charge in [0.2, 0.25) is 0 Å². The Kier molecular flexibility index (Phi) is 4.83. The second-order valence-electron chi connectivity index (χ2n) is 5.26. The van der Waals surface area contributed by atoms with Gasteiger partial charge in [-0.3, -0.25) is 9.36 Å².